The lowest BCUT2D eigenvalue weighted by Crippen LogP contribution is -2.38. The number of hydroxylamine groups is 1. The molecule has 1 aromatic rings. The Balaban J connectivity index is 2.34. The fourth-order valence-electron chi connectivity index (χ4n) is 1.46. The van der Waals surface area contributed by atoms with E-state index >= 15 is 0 Å². The van der Waals surface area contributed by atoms with Crippen molar-refractivity contribution in [2.45, 2.75) is 25.3 Å². The molecule has 1 rings (SSSR count). The molecule has 0 radical (unpaired) electrons. The molecule has 0 heterocycles. The highest BCUT2D eigenvalue weighted by Gasteiger charge is 2.17. The number of unbranched alkanes of at least 4 members (excludes halogenated alkanes) is 1. The maximum atomic E-state index is 11.1. The number of nitrogens with one attached hydrogen (secondary N) is 1. The maximum Gasteiger partial charge on any atom is 0.323 e. The average molecular weight is 272 g/mol. The number of alkyl halides is 1. The lowest BCUT2D eigenvalue weighted by molar-refractivity contribution is -0.144. The molecule has 0 aromatic heterocycles. The van der Waals surface area contributed by atoms with Crippen LogP contribution in [0, 0.1) is 0 Å². The van der Waals surface area contributed by atoms with E-state index in [9.17, 15) is 4.79 Å². The molecule has 0 fully saturated rings. The normalized spacial score (nSPS) is 12.3. The van der Waals surface area contributed by atoms with Crippen molar-refractivity contribution in [3.05, 3.63) is 35.9 Å². The third-order valence-corrected chi connectivity index (χ3v) is 2.70. The Morgan fingerprint density at radius 2 is 2.06 bits per heavy atom. The summed E-state index contributed by atoms with van der Waals surface area (Å²) in [6.45, 7) is 0.464. The van der Waals surface area contributed by atoms with Gasteiger partial charge in [-0.25, -0.2) is 0 Å². The van der Waals surface area contributed by atoms with E-state index in [4.69, 9.17) is 21.5 Å². The summed E-state index contributed by atoms with van der Waals surface area (Å²) < 4.78 is 0. The van der Waals surface area contributed by atoms with Gasteiger partial charge in [-0.3, -0.25) is 4.79 Å². The zero-order valence-corrected chi connectivity index (χ0v) is 10.9. The third-order valence-electron chi connectivity index (χ3n) is 2.44. The monoisotopic (exact) mass is 271 g/mol. The molecule has 0 amide bonds. The van der Waals surface area contributed by atoms with Crippen LogP contribution in [0.3, 0.4) is 0 Å². The molecule has 5 heteroatoms. The molecule has 0 saturated heterocycles. The molecule has 1 atom stereocenters. The topological polar surface area (TPSA) is 58.6 Å². The van der Waals surface area contributed by atoms with E-state index in [1.54, 1.807) is 0 Å². The van der Waals surface area contributed by atoms with Crippen LogP contribution in [0.1, 0.15) is 18.4 Å². The van der Waals surface area contributed by atoms with Crippen LogP contribution < -0.4 is 5.48 Å². The minimum Gasteiger partial charge on any atom is -0.480 e. The van der Waals surface area contributed by atoms with Crippen LogP contribution in [-0.2, 0) is 16.1 Å². The Morgan fingerprint density at radius 1 is 1.33 bits per heavy atom. The SMILES string of the molecule is O=C(O)[C@H](Cc1ccccc1)NOCCCCCl. The standard InChI is InChI=1S/C13H18ClNO3/c14-8-4-5-9-18-15-12(13(16)17)10-11-6-2-1-3-7-11/h1-3,6-7,12,15H,4-5,8-10H2,(H,16,17)/t12-/m0/s1. The van der Waals surface area contributed by atoms with Gasteiger partial charge < -0.3 is 9.94 Å². The van der Waals surface area contributed by atoms with Gasteiger partial charge in [-0.2, -0.15) is 5.48 Å². The second kappa shape index (κ2) is 8.91. The van der Waals surface area contributed by atoms with Crippen LogP contribution >= 0.6 is 11.6 Å². The summed E-state index contributed by atoms with van der Waals surface area (Å²) in [5.41, 5.74) is 3.54. The van der Waals surface area contributed by atoms with Crippen LogP contribution in [-0.4, -0.2) is 29.6 Å². The van der Waals surface area contributed by atoms with Gasteiger partial charge in [0, 0.05) is 12.3 Å². The van der Waals surface area contributed by atoms with Crippen molar-refractivity contribution in [1.29, 1.82) is 0 Å². The number of hydrogen-bond acceptors (Lipinski definition) is 3. The summed E-state index contributed by atoms with van der Waals surface area (Å²) in [4.78, 5) is 16.2. The highest BCUT2D eigenvalue weighted by atomic mass is 35.5. The number of rotatable bonds is 9. The fraction of sp³-hybridized carbons (Fsp3) is 0.462. The quantitative estimate of drug-likeness (QED) is 0.411. The Kier molecular flexibility index (Phi) is 7.41. The van der Waals surface area contributed by atoms with Gasteiger partial charge in [0.1, 0.15) is 6.04 Å². The van der Waals surface area contributed by atoms with Crippen LogP contribution in [0.2, 0.25) is 0 Å². The Labute approximate surface area is 112 Å². The van der Waals surface area contributed by atoms with Gasteiger partial charge in [0.2, 0.25) is 0 Å². The molecule has 0 aliphatic carbocycles. The first-order valence-corrected chi connectivity index (χ1v) is 6.47. The van der Waals surface area contributed by atoms with Crippen molar-refractivity contribution in [3.8, 4) is 0 Å². The van der Waals surface area contributed by atoms with E-state index < -0.39 is 12.0 Å². The summed E-state index contributed by atoms with van der Waals surface area (Å²) in [5.74, 6) is -0.327. The van der Waals surface area contributed by atoms with Crippen molar-refractivity contribution in [2.24, 2.45) is 0 Å². The van der Waals surface area contributed by atoms with Crippen LogP contribution in [0.5, 0.6) is 0 Å². The second-order valence-corrected chi connectivity index (χ2v) is 4.32. The van der Waals surface area contributed by atoms with E-state index in [1.165, 1.54) is 0 Å². The first-order valence-electron chi connectivity index (χ1n) is 5.94. The van der Waals surface area contributed by atoms with E-state index in [-0.39, 0.29) is 0 Å². The Bertz CT molecular complexity index is 345. The summed E-state index contributed by atoms with van der Waals surface area (Å²) >= 11 is 5.53. The Hall–Kier alpha value is -1.10. The van der Waals surface area contributed by atoms with Crippen molar-refractivity contribution in [2.75, 3.05) is 12.5 Å². The molecule has 2 N–H and O–H groups in total. The lowest BCUT2D eigenvalue weighted by atomic mass is 10.1. The predicted octanol–water partition coefficient (Wildman–Crippen LogP) is 2.22. The first kappa shape index (κ1) is 15.0. The number of benzene rings is 1. The summed E-state index contributed by atoms with van der Waals surface area (Å²) in [6.07, 6.45) is 2.07. The Morgan fingerprint density at radius 3 is 2.67 bits per heavy atom. The zero-order chi connectivity index (χ0) is 13.2. The van der Waals surface area contributed by atoms with Gasteiger partial charge in [-0.05, 0) is 18.4 Å². The van der Waals surface area contributed by atoms with E-state index in [0.717, 1.165) is 18.4 Å². The van der Waals surface area contributed by atoms with Gasteiger partial charge in [0.25, 0.3) is 0 Å². The van der Waals surface area contributed by atoms with Crippen molar-refractivity contribution < 1.29 is 14.7 Å². The van der Waals surface area contributed by atoms with Crippen LogP contribution in [0.4, 0.5) is 0 Å². The smallest absolute Gasteiger partial charge is 0.323 e. The van der Waals surface area contributed by atoms with Gasteiger partial charge >= 0.3 is 5.97 Å². The van der Waals surface area contributed by atoms with Crippen molar-refractivity contribution in [3.63, 3.8) is 0 Å². The molecular weight excluding hydrogens is 254 g/mol. The predicted molar refractivity (Wildman–Crippen MR) is 70.6 cm³/mol. The number of hydrogen-bond donors (Lipinski definition) is 2. The zero-order valence-electron chi connectivity index (χ0n) is 10.1. The van der Waals surface area contributed by atoms with Crippen LogP contribution in [0.15, 0.2) is 30.3 Å². The largest absolute Gasteiger partial charge is 0.480 e. The summed E-state index contributed by atoms with van der Waals surface area (Å²) in [6, 6.07) is 8.72. The molecule has 0 spiro atoms. The number of carbonyl (C=O) groups is 1. The van der Waals surface area contributed by atoms with Gasteiger partial charge in [0.15, 0.2) is 0 Å². The van der Waals surface area contributed by atoms with Crippen molar-refractivity contribution >= 4 is 17.6 Å². The number of aliphatic carboxylic acids is 1. The third kappa shape index (κ3) is 6.00. The summed E-state index contributed by atoms with van der Waals surface area (Å²) in [5, 5.41) is 9.07. The highest BCUT2D eigenvalue weighted by Crippen LogP contribution is 2.03. The minimum absolute atomic E-state index is 0.395. The molecule has 0 aliphatic heterocycles. The van der Waals surface area contributed by atoms with Gasteiger partial charge in [0.05, 0.1) is 6.61 Å². The minimum atomic E-state index is -0.920. The number of carboxylic acid groups (broad SMARTS) is 1. The number of halogens is 1. The van der Waals surface area contributed by atoms with E-state index in [0.29, 0.717) is 18.9 Å². The second-order valence-electron chi connectivity index (χ2n) is 3.94. The lowest BCUT2D eigenvalue weighted by Gasteiger charge is -2.14. The van der Waals surface area contributed by atoms with Crippen molar-refractivity contribution in [1.82, 2.24) is 5.48 Å². The number of carboxylic acids is 1. The molecule has 0 aliphatic rings. The molecule has 100 valence electrons. The van der Waals surface area contributed by atoms with Crippen LogP contribution in [0.25, 0.3) is 0 Å². The molecular formula is C13H18ClNO3. The molecule has 0 unspecified atom stereocenters. The fourth-order valence-corrected chi connectivity index (χ4v) is 1.65. The van der Waals surface area contributed by atoms with E-state index in [2.05, 4.69) is 5.48 Å². The molecule has 18 heavy (non-hydrogen) atoms. The maximum absolute atomic E-state index is 11.1. The molecule has 1 aromatic carbocycles. The first-order chi connectivity index (χ1) is 8.74. The molecule has 0 bridgehead atoms. The van der Waals surface area contributed by atoms with E-state index in [1.807, 2.05) is 30.3 Å². The summed E-state index contributed by atoms with van der Waals surface area (Å²) in [7, 11) is 0. The molecule has 0 saturated carbocycles. The van der Waals surface area contributed by atoms with Gasteiger partial charge in [-0.1, -0.05) is 30.3 Å². The average Bonchev–Trinajstić information content (AvgIpc) is 2.38. The highest BCUT2D eigenvalue weighted by molar-refractivity contribution is 6.17. The van der Waals surface area contributed by atoms with Gasteiger partial charge in [-0.15, -0.1) is 11.6 Å². The molecule has 4 nitrogen and oxygen atoms in total.